The van der Waals surface area contributed by atoms with Gasteiger partial charge in [-0.1, -0.05) is 18.2 Å². The molecule has 0 spiro atoms. The summed E-state index contributed by atoms with van der Waals surface area (Å²) in [5.41, 5.74) is 0. The largest absolute Gasteiger partial charge is 0.481 e. The standard InChI is InChI=1S/C21H27N5O2/c1-17(28-18-7-3-2-4-8-18)20(27)25-15-13-24(14-16-25)19-9-10-22-21(23-19)26-11-5-6-12-26/h2-4,7-10,17H,5-6,11-16H2,1H3. The number of hydrogen-bond acceptors (Lipinski definition) is 6. The Labute approximate surface area is 165 Å². The second-order valence-corrected chi connectivity index (χ2v) is 7.29. The highest BCUT2D eigenvalue weighted by atomic mass is 16.5. The van der Waals surface area contributed by atoms with Gasteiger partial charge in [-0.15, -0.1) is 0 Å². The quantitative estimate of drug-likeness (QED) is 0.791. The number of carbonyl (C=O) groups excluding carboxylic acids is 1. The normalized spacial score (nSPS) is 18.2. The third-order valence-electron chi connectivity index (χ3n) is 5.34. The van der Waals surface area contributed by atoms with Gasteiger partial charge in [0.1, 0.15) is 11.6 Å². The van der Waals surface area contributed by atoms with E-state index in [4.69, 9.17) is 9.72 Å². The Balaban J connectivity index is 1.33. The van der Waals surface area contributed by atoms with Gasteiger partial charge in [0.05, 0.1) is 0 Å². The van der Waals surface area contributed by atoms with E-state index in [0.717, 1.165) is 43.7 Å². The smallest absolute Gasteiger partial charge is 0.263 e. The number of nitrogens with zero attached hydrogens (tertiary/aromatic N) is 5. The van der Waals surface area contributed by atoms with Crippen LogP contribution in [0.5, 0.6) is 5.75 Å². The number of para-hydroxylation sites is 1. The average molecular weight is 381 g/mol. The zero-order valence-electron chi connectivity index (χ0n) is 16.3. The van der Waals surface area contributed by atoms with E-state index in [0.29, 0.717) is 13.1 Å². The van der Waals surface area contributed by atoms with Crippen LogP contribution in [0.3, 0.4) is 0 Å². The van der Waals surface area contributed by atoms with Crippen molar-refractivity contribution in [3.05, 3.63) is 42.6 Å². The fourth-order valence-corrected chi connectivity index (χ4v) is 3.75. The van der Waals surface area contributed by atoms with Crippen molar-refractivity contribution in [2.75, 3.05) is 49.1 Å². The topological polar surface area (TPSA) is 61.8 Å². The Morgan fingerprint density at radius 2 is 1.68 bits per heavy atom. The minimum atomic E-state index is -0.491. The van der Waals surface area contributed by atoms with Crippen LogP contribution in [0.25, 0.3) is 0 Å². The van der Waals surface area contributed by atoms with Crippen LogP contribution in [0, 0.1) is 0 Å². The second-order valence-electron chi connectivity index (χ2n) is 7.29. The Kier molecular flexibility index (Phi) is 5.60. The molecule has 1 amide bonds. The van der Waals surface area contributed by atoms with Crippen molar-refractivity contribution in [3.63, 3.8) is 0 Å². The maximum absolute atomic E-state index is 12.7. The number of ether oxygens (including phenoxy) is 1. The highest BCUT2D eigenvalue weighted by Gasteiger charge is 2.27. The molecule has 7 heteroatoms. The zero-order valence-corrected chi connectivity index (χ0v) is 16.3. The molecule has 1 atom stereocenters. The van der Waals surface area contributed by atoms with E-state index in [2.05, 4.69) is 14.8 Å². The molecule has 1 aromatic carbocycles. The van der Waals surface area contributed by atoms with Crippen LogP contribution in [0.1, 0.15) is 19.8 Å². The monoisotopic (exact) mass is 381 g/mol. The number of carbonyl (C=O) groups is 1. The lowest BCUT2D eigenvalue weighted by Gasteiger charge is -2.36. The van der Waals surface area contributed by atoms with Gasteiger partial charge in [-0.25, -0.2) is 4.98 Å². The van der Waals surface area contributed by atoms with E-state index >= 15 is 0 Å². The molecule has 0 N–H and O–H groups in total. The zero-order chi connectivity index (χ0) is 19.3. The number of hydrogen-bond donors (Lipinski definition) is 0. The van der Waals surface area contributed by atoms with E-state index in [1.807, 2.05) is 54.4 Å². The molecule has 0 bridgehead atoms. The summed E-state index contributed by atoms with van der Waals surface area (Å²) in [4.78, 5) is 28.3. The molecule has 2 saturated heterocycles. The van der Waals surface area contributed by atoms with E-state index in [9.17, 15) is 4.79 Å². The fourth-order valence-electron chi connectivity index (χ4n) is 3.75. The van der Waals surface area contributed by atoms with Crippen LogP contribution < -0.4 is 14.5 Å². The lowest BCUT2D eigenvalue weighted by molar-refractivity contribution is -0.138. The van der Waals surface area contributed by atoms with Crippen molar-refractivity contribution in [1.82, 2.24) is 14.9 Å². The summed E-state index contributed by atoms with van der Waals surface area (Å²) in [6.07, 6.45) is 3.76. The molecule has 0 saturated carbocycles. The highest BCUT2D eigenvalue weighted by Crippen LogP contribution is 2.20. The lowest BCUT2D eigenvalue weighted by atomic mass is 10.2. The fraction of sp³-hybridized carbons (Fsp3) is 0.476. The maximum Gasteiger partial charge on any atom is 0.263 e. The summed E-state index contributed by atoms with van der Waals surface area (Å²) in [6, 6.07) is 11.4. The SMILES string of the molecule is CC(Oc1ccccc1)C(=O)N1CCN(c2ccnc(N3CCCC3)n2)CC1. The van der Waals surface area contributed by atoms with E-state index in [1.54, 1.807) is 0 Å². The maximum atomic E-state index is 12.7. The van der Waals surface area contributed by atoms with Crippen molar-refractivity contribution in [2.45, 2.75) is 25.9 Å². The van der Waals surface area contributed by atoms with Crippen molar-refractivity contribution < 1.29 is 9.53 Å². The highest BCUT2D eigenvalue weighted by molar-refractivity contribution is 5.81. The first kappa shape index (κ1) is 18.5. The molecule has 0 radical (unpaired) electrons. The molecule has 4 rings (SSSR count). The molecule has 3 heterocycles. The van der Waals surface area contributed by atoms with Crippen molar-refractivity contribution in [1.29, 1.82) is 0 Å². The lowest BCUT2D eigenvalue weighted by Crippen LogP contribution is -2.52. The predicted molar refractivity (Wildman–Crippen MR) is 109 cm³/mol. The summed E-state index contributed by atoms with van der Waals surface area (Å²) in [5.74, 6) is 2.51. The average Bonchev–Trinajstić information content (AvgIpc) is 3.29. The second kappa shape index (κ2) is 8.46. The van der Waals surface area contributed by atoms with E-state index in [1.165, 1.54) is 12.8 Å². The Morgan fingerprint density at radius 1 is 0.964 bits per heavy atom. The molecule has 1 aromatic heterocycles. The molecule has 148 valence electrons. The minimum absolute atomic E-state index is 0.0314. The van der Waals surface area contributed by atoms with Gasteiger partial charge in [0.2, 0.25) is 5.95 Å². The van der Waals surface area contributed by atoms with Crippen LogP contribution in [-0.4, -0.2) is 66.1 Å². The number of anilines is 2. The van der Waals surface area contributed by atoms with Crippen LogP contribution in [0.4, 0.5) is 11.8 Å². The van der Waals surface area contributed by atoms with Gasteiger partial charge in [0.15, 0.2) is 6.10 Å². The first-order valence-corrected chi connectivity index (χ1v) is 10.0. The number of rotatable bonds is 5. The number of aromatic nitrogens is 2. The molecular weight excluding hydrogens is 354 g/mol. The van der Waals surface area contributed by atoms with Gasteiger partial charge in [-0.3, -0.25) is 4.79 Å². The van der Waals surface area contributed by atoms with Gasteiger partial charge >= 0.3 is 0 Å². The predicted octanol–water partition coefficient (Wildman–Crippen LogP) is 2.19. The molecule has 28 heavy (non-hydrogen) atoms. The number of benzene rings is 1. The molecular formula is C21H27N5O2. The summed E-state index contributed by atoms with van der Waals surface area (Å²) in [6.45, 7) is 6.75. The van der Waals surface area contributed by atoms with Crippen molar-refractivity contribution >= 4 is 17.7 Å². The first-order valence-electron chi connectivity index (χ1n) is 10.0. The number of piperazine rings is 1. The van der Waals surface area contributed by atoms with Gasteiger partial charge < -0.3 is 19.4 Å². The van der Waals surface area contributed by atoms with Crippen LogP contribution in [0.15, 0.2) is 42.6 Å². The van der Waals surface area contributed by atoms with Gasteiger partial charge in [-0.2, -0.15) is 4.98 Å². The van der Waals surface area contributed by atoms with E-state index in [-0.39, 0.29) is 5.91 Å². The summed E-state index contributed by atoms with van der Waals surface area (Å²) < 4.78 is 5.78. The molecule has 2 fully saturated rings. The molecule has 7 nitrogen and oxygen atoms in total. The van der Waals surface area contributed by atoms with Crippen molar-refractivity contribution in [3.8, 4) is 5.75 Å². The van der Waals surface area contributed by atoms with Crippen LogP contribution in [0.2, 0.25) is 0 Å². The van der Waals surface area contributed by atoms with Gasteiger partial charge in [0.25, 0.3) is 5.91 Å². The summed E-state index contributed by atoms with van der Waals surface area (Å²) >= 11 is 0. The third-order valence-corrected chi connectivity index (χ3v) is 5.34. The first-order chi connectivity index (χ1) is 13.7. The van der Waals surface area contributed by atoms with Crippen LogP contribution in [-0.2, 0) is 4.79 Å². The van der Waals surface area contributed by atoms with Gasteiger partial charge in [0, 0.05) is 45.5 Å². The molecule has 0 aliphatic carbocycles. The van der Waals surface area contributed by atoms with E-state index < -0.39 is 6.10 Å². The molecule has 2 aromatic rings. The summed E-state index contributed by atoms with van der Waals surface area (Å²) in [7, 11) is 0. The minimum Gasteiger partial charge on any atom is -0.481 e. The molecule has 2 aliphatic heterocycles. The molecule has 1 unspecified atom stereocenters. The number of amides is 1. The van der Waals surface area contributed by atoms with Crippen molar-refractivity contribution in [2.24, 2.45) is 0 Å². The Hall–Kier alpha value is -2.83. The summed E-state index contributed by atoms with van der Waals surface area (Å²) in [5, 5.41) is 0. The van der Waals surface area contributed by atoms with Crippen LogP contribution >= 0.6 is 0 Å². The van der Waals surface area contributed by atoms with Gasteiger partial charge in [-0.05, 0) is 38.0 Å². The third kappa shape index (κ3) is 4.18. The Morgan fingerprint density at radius 3 is 2.39 bits per heavy atom. The Bertz CT molecular complexity index is 786. The molecule has 2 aliphatic rings.